The van der Waals surface area contributed by atoms with Gasteiger partial charge in [-0.2, -0.15) is 0 Å². The zero-order valence-corrected chi connectivity index (χ0v) is 13.0. The van der Waals surface area contributed by atoms with Crippen LogP contribution in [0.15, 0.2) is 46.9 Å². The SMILES string of the molecule is Cc1cc(Br)ccc1NC1CC(c2ccc(F)cc2)C1. The fourth-order valence-corrected chi connectivity index (χ4v) is 3.23. The van der Waals surface area contributed by atoms with Gasteiger partial charge in [0.2, 0.25) is 0 Å². The van der Waals surface area contributed by atoms with Crippen molar-refractivity contribution < 1.29 is 4.39 Å². The third-order valence-corrected chi connectivity index (χ3v) is 4.52. The third-order valence-electron chi connectivity index (χ3n) is 4.03. The molecule has 3 heteroatoms. The molecule has 1 aliphatic carbocycles. The molecule has 20 heavy (non-hydrogen) atoms. The summed E-state index contributed by atoms with van der Waals surface area (Å²) in [5.41, 5.74) is 3.71. The van der Waals surface area contributed by atoms with Crippen molar-refractivity contribution in [1.29, 1.82) is 0 Å². The lowest BCUT2D eigenvalue weighted by molar-refractivity contribution is 0.373. The lowest BCUT2D eigenvalue weighted by Crippen LogP contribution is -2.34. The van der Waals surface area contributed by atoms with Gasteiger partial charge in [0.05, 0.1) is 0 Å². The molecule has 104 valence electrons. The second-order valence-corrected chi connectivity index (χ2v) is 6.44. The van der Waals surface area contributed by atoms with E-state index < -0.39 is 0 Å². The van der Waals surface area contributed by atoms with Crippen LogP contribution in [0.5, 0.6) is 0 Å². The topological polar surface area (TPSA) is 12.0 Å². The highest BCUT2D eigenvalue weighted by Gasteiger charge is 2.30. The largest absolute Gasteiger partial charge is 0.382 e. The molecule has 0 amide bonds. The second kappa shape index (κ2) is 5.57. The summed E-state index contributed by atoms with van der Waals surface area (Å²) in [5.74, 6) is 0.400. The predicted molar refractivity (Wildman–Crippen MR) is 84.7 cm³/mol. The molecular weight excluding hydrogens is 317 g/mol. The highest BCUT2D eigenvalue weighted by atomic mass is 79.9. The van der Waals surface area contributed by atoms with Crippen LogP contribution in [0.25, 0.3) is 0 Å². The molecule has 0 bridgehead atoms. The Morgan fingerprint density at radius 3 is 2.45 bits per heavy atom. The van der Waals surface area contributed by atoms with E-state index in [4.69, 9.17) is 0 Å². The number of hydrogen-bond donors (Lipinski definition) is 1. The molecule has 1 nitrogen and oxygen atoms in total. The maximum Gasteiger partial charge on any atom is 0.123 e. The molecule has 1 N–H and O–H groups in total. The minimum atomic E-state index is -0.159. The summed E-state index contributed by atoms with van der Waals surface area (Å²) < 4.78 is 14.0. The zero-order valence-electron chi connectivity index (χ0n) is 11.4. The average Bonchev–Trinajstić information content (AvgIpc) is 2.37. The summed E-state index contributed by atoms with van der Waals surface area (Å²) in [4.78, 5) is 0. The van der Waals surface area contributed by atoms with E-state index >= 15 is 0 Å². The molecule has 1 saturated carbocycles. The molecule has 3 rings (SSSR count). The summed E-state index contributed by atoms with van der Waals surface area (Å²) in [5, 5.41) is 3.59. The Morgan fingerprint density at radius 2 is 1.80 bits per heavy atom. The first-order valence-corrected chi connectivity index (χ1v) is 7.69. The van der Waals surface area contributed by atoms with Gasteiger partial charge in [0.25, 0.3) is 0 Å². The first-order valence-electron chi connectivity index (χ1n) is 6.90. The van der Waals surface area contributed by atoms with Gasteiger partial charge in [-0.15, -0.1) is 0 Å². The highest BCUT2D eigenvalue weighted by Crippen LogP contribution is 2.39. The smallest absolute Gasteiger partial charge is 0.123 e. The molecule has 0 saturated heterocycles. The average molecular weight is 334 g/mol. The standard InChI is InChI=1S/C17H17BrFN/c1-11-8-14(18)4-7-17(11)20-16-9-13(10-16)12-2-5-15(19)6-3-12/h2-8,13,16,20H,9-10H2,1H3. The van der Waals surface area contributed by atoms with Crippen LogP contribution < -0.4 is 5.32 Å². The van der Waals surface area contributed by atoms with Crippen LogP contribution in [-0.2, 0) is 0 Å². The minimum absolute atomic E-state index is 0.159. The molecular formula is C17H17BrFN. The van der Waals surface area contributed by atoms with Gasteiger partial charge in [-0.3, -0.25) is 0 Å². The maximum absolute atomic E-state index is 12.9. The first-order chi connectivity index (χ1) is 9.61. The van der Waals surface area contributed by atoms with Crippen molar-refractivity contribution in [3.63, 3.8) is 0 Å². The van der Waals surface area contributed by atoms with E-state index in [0.717, 1.165) is 17.3 Å². The van der Waals surface area contributed by atoms with Crippen molar-refractivity contribution in [2.75, 3.05) is 5.32 Å². The molecule has 0 aliphatic heterocycles. The van der Waals surface area contributed by atoms with Crippen LogP contribution in [0.3, 0.4) is 0 Å². The van der Waals surface area contributed by atoms with E-state index in [1.165, 1.54) is 16.8 Å². The van der Waals surface area contributed by atoms with Gasteiger partial charge in [-0.05, 0) is 67.1 Å². The fraction of sp³-hybridized carbons (Fsp3) is 0.294. The van der Waals surface area contributed by atoms with Gasteiger partial charge < -0.3 is 5.32 Å². The summed E-state index contributed by atoms with van der Waals surface area (Å²) in [6.45, 7) is 2.11. The minimum Gasteiger partial charge on any atom is -0.382 e. The number of aryl methyl sites for hydroxylation is 1. The quantitative estimate of drug-likeness (QED) is 0.808. The number of halogens is 2. The van der Waals surface area contributed by atoms with Crippen molar-refractivity contribution in [3.8, 4) is 0 Å². The van der Waals surface area contributed by atoms with E-state index in [9.17, 15) is 4.39 Å². The number of anilines is 1. The molecule has 0 unspecified atom stereocenters. The van der Waals surface area contributed by atoms with Crippen molar-refractivity contribution in [2.45, 2.75) is 31.7 Å². The Morgan fingerprint density at radius 1 is 1.10 bits per heavy atom. The zero-order chi connectivity index (χ0) is 14.1. The number of nitrogens with one attached hydrogen (secondary N) is 1. The predicted octanol–water partition coefficient (Wildman–Crippen LogP) is 5.25. The third kappa shape index (κ3) is 2.88. The normalized spacial score (nSPS) is 21.4. The molecule has 0 aromatic heterocycles. The van der Waals surface area contributed by atoms with Gasteiger partial charge in [-0.1, -0.05) is 28.1 Å². The number of hydrogen-bond acceptors (Lipinski definition) is 1. The Kier molecular flexibility index (Phi) is 3.79. The van der Waals surface area contributed by atoms with Crippen LogP contribution in [-0.4, -0.2) is 6.04 Å². The van der Waals surface area contributed by atoms with E-state index in [1.807, 2.05) is 12.1 Å². The van der Waals surface area contributed by atoms with E-state index in [0.29, 0.717) is 12.0 Å². The Balaban J connectivity index is 1.59. The Labute approximate surface area is 127 Å². The van der Waals surface area contributed by atoms with Crippen LogP contribution in [0.1, 0.15) is 29.9 Å². The summed E-state index contributed by atoms with van der Waals surface area (Å²) in [6, 6.07) is 13.7. The Hall–Kier alpha value is -1.35. The van der Waals surface area contributed by atoms with Crippen molar-refractivity contribution in [1.82, 2.24) is 0 Å². The maximum atomic E-state index is 12.9. The molecule has 0 atom stereocenters. The lowest BCUT2D eigenvalue weighted by Gasteiger charge is -2.37. The molecule has 1 fully saturated rings. The number of rotatable bonds is 3. The highest BCUT2D eigenvalue weighted by molar-refractivity contribution is 9.10. The molecule has 0 heterocycles. The van der Waals surface area contributed by atoms with Crippen LogP contribution in [0.2, 0.25) is 0 Å². The van der Waals surface area contributed by atoms with E-state index in [1.54, 1.807) is 12.1 Å². The summed E-state index contributed by atoms with van der Waals surface area (Å²) in [7, 11) is 0. The van der Waals surface area contributed by atoms with Crippen LogP contribution in [0.4, 0.5) is 10.1 Å². The second-order valence-electron chi connectivity index (χ2n) is 5.52. The van der Waals surface area contributed by atoms with Crippen LogP contribution >= 0.6 is 15.9 Å². The van der Waals surface area contributed by atoms with E-state index in [2.05, 4.69) is 46.4 Å². The summed E-state index contributed by atoms with van der Waals surface area (Å²) >= 11 is 3.48. The molecule has 0 radical (unpaired) electrons. The Bertz CT molecular complexity index is 603. The monoisotopic (exact) mass is 333 g/mol. The van der Waals surface area contributed by atoms with Gasteiger partial charge in [0.1, 0.15) is 5.82 Å². The fourth-order valence-electron chi connectivity index (χ4n) is 2.75. The molecule has 2 aromatic rings. The summed E-state index contributed by atoms with van der Waals surface area (Å²) in [6.07, 6.45) is 2.22. The van der Waals surface area contributed by atoms with Crippen molar-refractivity contribution in [2.24, 2.45) is 0 Å². The van der Waals surface area contributed by atoms with E-state index in [-0.39, 0.29) is 5.82 Å². The van der Waals surface area contributed by atoms with Gasteiger partial charge in [0.15, 0.2) is 0 Å². The van der Waals surface area contributed by atoms with Gasteiger partial charge in [-0.25, -0.2) is 4.39 Å². The molecule has 2 aromatic carbocycles. The van der Waals surface area contributed by atoms with Gasteiger partial charge >= 0.3 is 0 Å². The molecule has 1 aliphatic rings. The molecule has 0 spiro atoms. The van der Waals surface area contributed by atoms with Crippen molar-refractivity contribution >= 4 is 21.6 Å². The van der Waals surface area contributed by atoms with Gasteiger partial charge in [0, 0.05) is 16.2 Å². The van der Waals surface area contributed by atoms with Crippen LogP contribution in [0, 0.1) is 12.7 Å². The number of benzene rings is 2. The first kappa shape index (κ1) is 13.6. The van der Waals surface area contributed by atoms with Crippen molar-refractivity contribution in [3.05, 3.63) is 63.9 Å². The lowest BCUT2D eigenvalue weighted by atomic mass is 9.76.